The highest BCUT2D eigenvalue weighted by Gasteiger charge is 2.37. The number of benzene rings is 1. The second-order valence-corrected chi connectivity index (χ2v) is 14.6. The highest BCUT2D eigenvalue weighted by Crippen LogP contribution is 2.39. The average Bonchev–Trinajstić information content (AvgIpc) is 4.02. The zero-order chi connectivity index (χ0) is 38.7. The minimum absolute atomic E-state index is 0.0227. The Morgan fingerprint density at radius 3 is 1.87 bits per heavy atom. The zero-order valence-electron chi connectivity index (χ0n) is 30.8. The predicted molar refractivity (Wildman–Crippen MR) is 193 cm³/mol. The fraction of sp³-hybridized carbons (Fsp3) is 0.500. The van der Waals surface area contributed by atoms with E-state index in [1.54, 1.807) is 13.0 Å². The molecule has 6 rings (SSSR count). The Morgan fingerprint density at radius 2 is 1.42 bits per heavy atom. The molecule has 2 aliphatic carbocycles. The first kappa shape index (κ1) is 39.5. The normalized spacial score (nSPS) is 14.7. The molecule has 0 radical (unpaired) electrons. The van der Waals surface area contributed by atoms with Gasteiger partial charge in [0.1, 0.15) is 23.6 Å². The van der Waals surface area contributed by atoms with Crippen molar-refractivity contribution in [3.05, 3.63) is 76.8 Å². The maximum atomic E-state index is 13.9. The summed E-state index contributed by atoms with van der Waals surface area (Å²) in [5.41, 5.74) is -1.05. The first-order valence-electron chi connectivity index (χ1n) is 17.8. The highest BCUT2D eigenvalue weighted by atomic mass is 19.4. The molecule has 0 spiro atoms. The van der Waals surface area contributed by atoms with Crippen molar-refractivity contribution in [3.63, 3.8) is 0 Å². The number of nitrogens with one attached hydrogen (secondary N) is 2. The van der Waals surface area contributed by atoms with Crippen molar-refractivity contribution in [1.82, 2.24) is 20.1 Å². The van der Waals surface area contributed by atoms with Crippen LogP contribution in [0.1, 0.15) is 95.0 Å². The molecule has 0 aliphatic heterocycles. The second kappa shape index (κ2) is 15.7. The number of hydrogen-bond acceptors (Lipinski definition) is 9. The van der Waals surface area contributed by atoms with Crippen molar-refractivity contribution >= 4 is 23.3 Å². The summed E-state index contributed by atoms with van der Waals surface area (Å²) in [6.45, 7) is 12.7. The van der Waals surface area contributed by atoms with Crippen molar-refractivity contribution in [1.29, 1.82) is 5.41 Å². The molecular formula is C38H46F6N8O. The van der Waals surface area contributed by atoms with Gasteiger partial charge in [0.05, 0.1) is 11.1 Å². The number of hydrogen-bond donors (Lipinski definition) is 2. The third-order valence-corrected chi connectivity index (χ3v) is 8.66. The van der Waals surface area contributed by atoms with Gasteiger partial charge in [0, 0.05) is 72.6 Å². The number of halogens is 6. The molecule has 2 N–H and O–H groups in total. The van der Waals surface area contributed by atoms with Crippen LogP contribution in [-0.4, -0.2) is 44.4 Å². The molecule has 9 nitrogen and oxygen atoms in total. The summed E-state index contributed by atoms with van der Waals surface area (Å²) < 4.78 is 88.3. The molecule has 2 aliphatic rings. The quantitative estimate of drug-likeness (QED) is 0.103. The van der Waals surface area contributed by atoms with Gasteiger partial charge < -0.3 is 25.0 Å². The molecule has 0 atom stereocenters. The molecule has 4 aromatic rings. The Hall–Kier alpha value is -4.69. The first-order chi connectivity index (χ1) is 24.9. The lowest BCUT2D eigenvalue weighted by atomic mass is 10.0. The number of rotatable bonds is 13. The lowest BCUT2D eigenvalue weighted by Gasteiger charge is -2.31. The molecule has 2 saturated carbocycles. The van der Waals surface area contributed by atoms with Gasteiger partial charge in [-0.15, -0.1) is 0 Å². The maximum Gasteiger partial charge on any atom is 0.416 e. The minimum Gasteiger partial charge on any atom is -0.365 e. The molecule has 0 unspecified atom stereocenters. The molecule has 0 amide bonds. The molecule has 0 saturated heterocycles. The van der Waals surface area contributed by atoms with Crippen LogP contribution in [-0.2, 0) is 25.4 Å². The van der Waals surface area contributed by atoms with Crippen LogP contribution in [0.3, 0.4) is 0 Å². The number of aromatic nitrogens is 4. The van der Waals surface area contributed by atoms with E-state index in [1.807, 2.05) is 40.7 Å². The smallest absolute Gasteiger partial charge is 0.365 e. The Labute approximate surface area is 305 Å². The Morgan fingerprint density at radius 1 is 0.849 bits per heavy atom. The average molecular weight is 745 g/mol. The minimum atomic E-state index is -5.01. The monoisotopic (exact) mass is 744 g/mol. The van der Waals surface area contributed by atoms with Gasteiger partial charge in [0.25, 0.3) is 0 Å². The van der Waals surface area contributed by atoms with Gasteiger partial charge in [-0.2, -0.15) is 26.3 Å². The fourth-order valence-electron chi connectivity index (χ4n) is 5.86. The summed E-state index contributed by atoms with van der Waals surface area (Å²) in [5, 5.41) is 15.9. The van der Waals surface area contributed by atoms with Gasteiger partial charge in [-0.3, -0.25) is 0 Å². The third-order valence-electron chi connectivity index (χ3n) is 8.66. The van der Waals surface area contributed by atoms with Gasteiger partial charge in [-0.25, -0.2) is 15.0 Å². The van der Waals surface area contributed by atoms with E-state index in [1.165, 1.54) is 23.6 Å². The summed E-state index contributed by atoms with van der Waals surface area (Å²) in [6, 6.07) is 5.02. The number of nitrogens with zero attached hydrogens (tertiary/aromatic N) is 6. The van der Waals surface area contributed by atoms with E-state index >= 15 is 0 Å². The molecular weight excluding hydrogens is 698 g/mol. The topological polar surface area (TPSA) is 107 Å². The highest BCUT2D eigenvalue weighted by molar-refractivity contribution is 6.01. The Kier molecular flexibility index (Phi) is 11.7. The fourth-order valence-corrected chi connectivity index (χ4v) is 5.86. The van der Waals surface area contributed by atoms with E-state index in [0.29, 0.717) is 45.9 Å². The van der Waals surface area contributed by atoms with E-state index < -0.39 is 23.5 Å². The molecule has 15 heteroatoms. The van der Waals surface area contributed by atoms with Gasteiger partial charge in [0.15, 0.2) is 0 Å². The van der Waals surface area contributed by atoms with Crippen molar-refractivity contribution in [2.75, 3.05) is 28.2 Å². The van der Waals surface area contributed by atoms with Crippen LogP contribution in [0.5, 0.6) is 0 Å². The standard InChI is InChI=1S/C36H40F6N8O.C2H6/c1-21(43)29-13-25(32(46-31(29)47-34(2,3)4)49(17-22-5-6-22)18-23-7-8-23)20-50(33-44-15-26(16-45-33)30-9-10-51-48-30)19-24-11-27(35(37,38)39)14-28(12-24)36(40,41)42;1-2/h9-16,22-23,43H,5-8,17-20H2,1-4H3,(H,46,47);1-2H3. The molecule has 2 fully saturated rings. The third kappa shape index (κ3) is 10.7. The Balaban J connectivity index is 0.00000266. The van der Waals surface area contributed by atoms with Crippen molar-refractivity contribution in [3.8, 4) is 11.3 Å². The Bertz CT molecular complexity index is 1800. The van der Waals surface area contributed by atoms with Gasteiger partial charge in [-0.1, -0.05) is 19.0 Å². The van der Waals surface area contributed by atoms with Crippen LogP contribution < -0.4 is 15.1 Å². The summed E-state index contributed by atoms with van der Waals surface area (Å²) in [4.78, 5) is 17.9. The number of anilines is 3. The molecule has 3 heterocycles. The summed E-state index contributed by atoms with van der Waals surface area (Å²) in [6.07, 6.45) is -1.33. The number of pyridine rings is 1. The van der Waals surface area contributed by atoms with Crippen LogP contribution in [0, 0.1) is 17.2 Å². The summed E-state index contributed by atoms with van der Waals surface area (Å²) in [7, 11) is 0. The number of alkyl halides is 6. The van der Waals surface area contributed by atoms with E-state index in [9.17, 15) is 26.3 Å². The van der Waals surface area contributed by atoms with Crippen molar-refractivity contribution < 1.29 is 30.9 Å². The first-order valence-corrected chi connectivity index (χ1v) is 17.8. The van der Waals surface area contributed by atoms with E-state index in [-0.39, 0.29) is 41.9 Å². The molecule has 53 heavy (non-hydrogen) atoms. The molecule has 1 aromatic carbocycles. The van der Waals surface area contributed by atoms with Crippen molar-refractivity contribution in [2.24, 2.45) is 11.8 Å². The molecule has 3 aromatic heterocycles. The lowest BCUT2D eigenvalue weighted by Crippen LogP contribution is -2.34. The molecule has 0 bridgehead atoms. The van der Waals surface area contributed by atoms with Gasteiger partial charge >= 0.3 is 12.4 Å². The SMILES string of the molecule is CC.CC(=N)c1cc(CN(Cc2cc(C(F)(F)F)cc(C(F)(F)F)c2)c2ncc(-c3ccon3)cn2)c(N(CC2CC2)CC2CC2)nc1NC(C)(C)C. The van der Waals surface area contributed by atoms with Gasteiger partial charge in [0.2, 0.25) is 5.95 Å². The summed E-state index contributed by atoms with van der Waals surface area (Å²) in [5.74, 6) is 2.24. The predicted octanol–water partition coefficient (Wildman–Crippen LogP) is 10.0. The molecule has 286 valence electrons. The second-order valence-electron chi connectivity index (χ2n) is 14.6. The van der Waals surface area contributed by atoms with Crippen LogP contribution in [0.25, 0.3) is 11.3 Å². The van der Waals surface area contributed by atoms with E-state index in [2.05, 4.69) is 25.3 Å². The maximum absolute atomic E-state index is 13.9. The van der Waals surface area contributed by atoms with Crippen LogP contribution >= 0.6 is 0 Å². The van der Waals surface area contributed by atoms with Crippen LogP contribution in [0.2, 0.25) is 0 Å². The zero-order valence-corrected chi connectivity index (χ0v) is 30.8. The van der Waals surface area contributed by atoms with Crippen LogP contribution in [0.4, 0.5) is 43.9 Å². The largest absolute Gasteiger partial charge is 0.416 e. The summed E-state index contributed by atoms with van der Waals surface area (Å²) >= 11 is 0. The van der Waals surface area contributed by atoms with Crippen LogP contribution in [0.15, 0.2) is 53.5 Å². The van der Waals surface area contributed by atoms with Gasteiger partial charge in [-0.05, 0) is 95.0 Å². The lowest BCUT2D eigenvalue weighted by molar-refractivity contribution is -0.143. The van der Waals surface area contributed by atoms with Crippen molar-refractivity contribution in [2.45, 2.75) is 98.2 Å². The van der Waals surface area contributed by atoms with E-state index in [0.717, 1.165) is 50.9 Å². The van der Waals surface area contributed by atoms with E-state index in [4.69, 9.17) is 14.9 Å².